The number of hydrogen-bond acceptors (Lipinski definition) is 2. The number of aryl methyl sites for hydroxylation is 1. The second kappa shape index (κ2) is 7.63. The van der Waals surface area contributed by atoms with E-state index in [9.17, 15) is 9.59 Å². The molecule has 0 bridgehead atoms. The molecule has 0 aliphatic heterocycles. The van der Waals surface area contributed by atoms with Crippen LogP contribution in [0.3, 0.4) is 0 Å². The van der Waals surface area contributed by atoms with Crippen LogP contribution < -0.4 is 10.6 Å². The molecule has 0 saturated carbocycles. The zero-order valence-corrected chi connectivity index (χ0v) is 13.8. The van der Waals surface area contributed by atoms with Gasteiger partial charge in [-0.1, -0.05) is 6.92 Å². The molecule has 0 aliphatic carbocycles. The van der Waals surface area contributed by atoms with E-state index in [-0.39, 0.29) is 11.8 Å². The fourth-order valence-electron chi connectivity index (χ4n) is 2.31. The minimum Gasteiger partial charge on any atom is -0.354 e. The number of nitrogens with one attached hydrogen (secondary N) is 2. The van der Waals surface area contributed by atoms with Gasteiger partial charge in [-0.2, -0.15) is 0 Å². The predicted molar refractivity (Wildman–Crippen MR) is 90.7 cm³/mol. The van der Waals surface area contributed by atoms with Crippen LogP contribution in [0.15, 0.2) is 42.7 Å². The van der Waals surface area contributed by atoms with Gasteiger partial charge < -0.3 is 15.2 Å². The SMILES string of the molecule is CCCNC(=O)[C@H](C)NC(=O)c1ccc(-n2cccc2)cc1C. The van der Waals surface area contributed by atoms with E-state index in [0.29, 0.717) is 12.1 Å². The largest absolute Gasteiger partial charge is 0.354 e. The van der Waals surface area contributed by atoms with Crippen LogP contribution in [0.2, 0.25) is 0 Å². The Kier molecular flexibility index (Phi) is 5.57. The van der Waals surface area contributed by atoms with Crippen molar-refractivity contribution in [3.8, 4) is 5.69 Å². The fourth-order valence-corrected chi connectivity index (χ4v) is 2.31. The van der Waals surface area contributed by atoms with Crippen molar-refractivity contribution in [2.75, 3.05) is 6.54 Å². The molecule has 2 aromatic rings. The van der Waals surface area contributed by atoms with Crippen LogP contribution in [0.4, 0.5) is 0 Å². The Labute approximate surface area is 136 Å². The van der Waals surface area contributed by atoms with E-state index >= 15 is 0 Å². The van der Waals surface area contributed by atoms with E-state index in [1.807, 2.05) is 55.1 Å². The molecule has 23 heavy (non-hydrogen) atoms. The molecule has 1 aromatic carbocycles. The molecule has 2 rings (SSSR count). The van der Waals surface area contributed by atoms with Gasteiger partial charge in [0.15, 0.2) is 0 Å². The minimum atomic E-state index is -0.558. The number of carbonyl (C=O) groups is 2. The first-order valence-corrected chi connectivity index (χ1v) is 7.85. The topological polar surface area (TPSA) is 63.1 Å². The standard InChI is InChI=1S/C18H23N3O2/c1-4-9-19-17(22)14(3)20-18(23)16-8-7-15(12-13(16)2)21-10-5-6-11-21/h5-8,10-12,14H,4,9H2,1-3H3,(H,19,22)(H,20,23)/t14-/m0/s1. The Morgan fingerprint density at radius 2 is 1.91 bits per heavy atom. The summed E-state index contributed by atoms with van der Waals surface area (Å²) >= 11 is 0. The smallest absolute Gasteiger partial charge is 0.252 e. The maximum atomic E-state index is 12.4. The molecule has 1 heterocycles. The molecule has 2 amide bonds. The summed E-state index contributed by atoms with van der Waals surface area (Å²) < 4.78 is 1.98. The number of aromatic nitrogens is 1. The maximum absolute atomic E-state index is 12.4. The number of amides is 2. The highest BCUT2D eigenvalue weighted by molar-refractivity contribution is 5.98. The summed E-state index contributed by atoms with van der Waals surface area (Å²) in [5.74, 6) is -0.400. The molecular formula is C18H23N3O2. The van der Waals surface area contributed by atoms with Gasteiger partial charge in [0.1, 0.15) is 6.04 Å². The summed E-state index contributed by atoms with van der Waals surface area (Å²) in [6, 6.07) is 8.98. The Hall–Kier alpha value is -2.56. The van der Waals surface area contributed by atoms with E-state index in [0.717, 1.165) is 17.7 Å². The number of carbonyl (C=O) groups excluding carboxylic acids is 2. The number of benzene rings is 1. The van der Waals surface area contributed by atoms with Gasteiger partial charge >= 0.3 is 0 Å². The summed E-state index contributed by atoms with van der Waals surface area (Å²) in [4.78, 5) is 24.2. The molecule has 5 nitrogen and oxygen atoms in total. The average molecular weight is 313 g/mol. The molecule has 0 unspecified atom stereocenters. The molecule has 0 aliphatic rings. The second-order valence-corrected chi connectivity index (χ2v) is 5.58. The van der Waals surface area contributed by atoms with Crippen LogP contribution in [0.1, 0.15) is 36.2 Å². The van der Waals surface area contributed by atoms with Crippen LogP contribution in [0.5, 0.6) is 0 Å². The van der Waals surface area contributed by atoms with Crippen LogP contribution in [0.25, 0.3) is 5.69 Å². The van der Waals surface area contributed by atoms with E-state index in [4.69, 9.17) is 0 Å². The monoisotopic (exact) mass is 313 g/mol. The van der Waals surface area contributed by atoms with E-state index in [2.05, 4.69) is 10.6 Å². The van der Waals surface area contributed by atoms with E-state index in [1.165, 1.54) is 0 Å². The third kappa shape index (κ3) is 4.22. The quantitative estimate of drug-likeness (QED) is 0.860. The molecule has 1 aromatic heterocycles. The Morgan fingerprint density at radius 1 is 1.22 bits per heavy atom. The molecule has 0 saturated heterocycles. The summed E-state index contributed by atoms with van der Waals surface area (Å²) in [5.41, 5.74) is 2.45. The van der Waals surface area contributed by atoms with Gasteiger partial charge in [-0.3, -0.25) is 9.59 Å². The van der Waals surface area contributed by atoms with Crippen LogP contribution in [-0.2, 0) is 4.79 Å². The first-order valence-electron chi connectivity index (χ1n) is 7.85. The third-order valence-corrected chi connectivity index (χ3v) is 3.65. The van der Waals surface area contributed by atoms with Crippen molar-refractivity contribution >= 4 is 11.8 Å². The summed E-state index contributed by atoms with van der Waals surface area (Å²) in [5, 5.41) is 5.52. The lowest BCUT2D eigenvalue weighted by molar-refractivity contribution is -0.122. The average Bonchev–Trinajstić information content (AvgIpc) is 3.06. The first-order chi connectivity index (χ1) is 11.0. The van der Waals surface area contributed by atoms with Crippen LogP contribution in [-0.4, -0.2) is 29.0 Å². The van der Waals surface area contributed by atoms with Crippen molar-refractivity contribution in [1.82, 2.24) is 15.2 Å². The molecule has 2 N–H and O–H groups in total. The highest BCUT2D eigenvalue weighted by atomic mass is 16.2. The Balaban J connectivity index is 2.06. The van der Waals surface area contributed by atoms with Crippen molar-refractivity contribution in [2.45, 2.75) is 33.2 Å². The van der Waals surface area contributed by atoms with E-state index in [1.54, 1.807) is 13.0 Å². The van der Waals surface area contributed by atoms with Crippen molar-refractivity contribution in [3.05, 3.63) is 53.9 Å². The molecule has 0 fully saturated rings. The minimum absolute atomic E-state index is 0.165. The summed E-state index contributed by atoms with van der Waals surface area (Å²) in [6.45, 7) is 6.18. The zero-order valence-electron chi connectivity index (χ0n) is 13.8. The Bertz CT molecular complexity index is 678. The predicted octanol–water partition coefficient (Wildman–Crippen LogP) is 2.43. The lowest BCUT2D eigenvalue weighted by atomic mass is 10.1. The highest BCUT2D eigenvalue weighted by Gasteiger charge is 2.17. The van der Waals surface area contributed by atoms with Gasteiger partial charge in [-0.05, 0) is 56.2 Å². The van der Waals surface area contributed by atoms with Crippen LogP contribution in [0, 0.1) is 6.92 Å². The van der Waals surface area contributed by atoms with Gasteiger partial charge in [-0.15, -0.1) is 0 Å². The van der Waals surface area contributed by atoms with Gasteiger partial charge in [0.25, 0.3) is 5.91 Å². The molecule has 0 spiro atoms. The van der Waals surface area contributed by atoms with Crippen molar-refractivity contribution in [3.63, 3.8) is 0 Å². The van der Waals surface area contributed by atoms with Crippen molar-refractivity contribution in [2.24, 2.45) is 0 Å². The third-order valence-electron chi connectivity index (χ3n) is 3.65. The lowest BCUT2D eigenvalue weighted by Crippen LogP contribution is -2.45. The van der Waals surface area contributed by atoms with Gasteiger partial charge in [0.2, 0.25) is 5.91 Å². The molecule has 0 radical (unpaired) electrons. The van der Waals surface area contributed by atoms with Gasteiger partial charge in [0, 0.05) is 30.2 Å². The van der Waals surface area contributed by atoms with Gasteiger partial charge in [0.05, 0.1) is 0 Å². The molecule has 1 atom stereocenters. The van der Waals surface area contributed by atoms with Gasteiger partial charge in [-0.25, -0.2) is 0 Å². The zero-order chi connectivity index (χ0) is 16.8. The number of rotatable bonds is 6. The van der Waals surface area contributed by atoms with E-state index < -0.39 is 6.04 Å². The fraction of sp³-hybridized carbons (Fsp3) is 0.333. The molecular weight excluding hydrogens is 290 g/mol. The Morgan fingerprint density at radius 3 is 2.52 bits per heavy atom. The van der Waals surface area contributed by atoms with Crippen LogP contribution >= 0.6 is 0 Å². The lowest BCUT2D eigenvalue weighted by Gasteiger charge is -2.15. The molecule has 122 valence electrons. The maximum Gasteiger partial charge on any atom is 0.252 e. The summed E-state index contributed by atoms with van der Waals surface area (Å²) in [7, 11) is 0. The van der Waals surface area contributed by atoms with Crippen molar-refractivity contribution < 1.29 is 9.59 Å². The number of hydrogen-bond donors (Lipinski definition) is 2. The van der Waals surface area contributed by atoms with Crippen molar-refractivity contribution in [1.29, 1.82) is 0 Å². The first kappa shape index (κ1) is 16.8. The second-order valence-electron chi connectivity index (χ2n) is 5.58. The summed E-state index contributed by atoms with van der Waals surface area (Å²) in [6.07, 6.45) is 4.77. The molecule has 5 heteroatoms. The highest BCUT2D eigenvalue weighted by Crippen LogP contribution is 2.15. The normalized spacial score (nSPS) is 11.8. The number of nitrogens with zero attached hydrogens (tertiary/aromatic N) is 1.